The summed E-state index contributed by atoms with van der Waals surface area (Å²) in [5.74, 6) is -0.392. The van der Waals surface area contributed by atoms with Crippen LogP contribution in [0.25, 0.3) is 0 Å². The molecule has 0 spiro atoms. The lowest BCUT2D eigenvalue weighted by Crippen LogP contribution is -2.44. The van der Waals surface area contributed by atoms with Crippen LogP contribution in [0.4, 0.5) is 10.5 Å². The zero-order valence-electron chi connectivity index (χ0n) is 15.0. The largest absolute Gasteiger partial charge is 0.325 e. The summed E-state index contributed by atoms with van der Waals surface area (Å²) >= 11 is 6.03. The number of carbonyl (C=O) groups excluding carboxylic acids is 3. The van der Waals surface area contributed by atoms with Gasteiger partial charge in [-0.15, -0.1) is 0 Å². The number of hydrogen-bond acceptors (Lipinski definition) is 3. The van der Waals surface area contributed by atoms with Crippen LogP contribution in [0.15, 0.2) is 18.2 Å². The van der Waals surface area contributed by atoms with Crippen LogP contribution in [0.1, 0.15) is 39.2 Å². The minimum Gasteiger partial charge on any atom is -0.324 e. The lowest BCUT2D eigenvalue weighted by molar-refractivity contribution is -0.133. The Kier molecular flexibility index (Phi) is 5.72. The molecule has 2 N–H and O–H groups in total. The third-order valence-electron chi connectivity index (χ3n) is 4.32. The summed E-state index contributed by atoms with van der Waals surface area (Å²) in [7, 11) is 0. The summed E-state index contributed by atoms with van der Waals surface area (Å²) in [4.78, 5) is 37.9. The van der Waals surface area contributed by atoms with Crippen LogP contribution in [-0.2, 0) is 9.59 Å². The van der Waals surface area contributed by atoms with E-state index in [2.05, 4.69) is 24.5 Å². The zero-order valence-corrected chi connectivity index (χ0v) is 15.7. The summed E-state index contributed by atoms with van der Waals surface area (Å²) in [6, 6.07) is 4.60. The molecule has 0 saturated carbocycles. The SMILES string of the molecule is Cc1ccc(NC(=O)CN2C(=O)NC(C)(CCC(C)C)C2=O)cc1Cl. The fraction of sp³-hybridized carbons (Fsp3) is 0.500. The van der Waals surface area contributed by atoms with Gasteiger partial charge in [-0.1, -0.05) is 31.5 Å². The van der Waals surface area contributed by atoms with Gasteiger partial charge in [0.1, 0.15) is 12.1 Å². The van der Waals surface area contributed by atoms with Crippen molar-refractivity contribution in [1.82, 2.24) is 10.2 Å². The van der Waals surface area contributed by atoms with Crippen molar-refractivity contribution in [3.8, 4) is 0 Å². The maximum atomic E-state index is 12.6. The Hall–Kier alpha value is -2.08. The van der Waals surface area contributed by atoms with E-state index in [-0.39, 0.29) is 12.5 Å². The number of nitrogens with one attached hydrogen (secondary N) is 2. The maximum Gasteiger partial charge on any atom is 0.325 e. The molecule has 1 atom stereocenters. The smallest absolute Gasteiger partial charge is 0.324 e. The van der Waals surface area contributed by atoms with E-state index in [1.165, 1.54) is 0 Å². The van der Waals surface area contributed by atoms with Gasteiger partial charge in [0.25, 0.3) is 5.91 Å². The normalized spacial score (nSPS) is 20.2. The van der Waals surface area contributed by atoms with Crippen molar-refractivity contribution < 1.29 is 14.4 Å². The lowest BCUT2D eigenvalue weighted by Gasteiger charge is -2.22. The molecule has 1 heterocycles. The molecule has 1 aliphatic rings. The predicted octanol–water partition coefficient (Wildman–Crippen LogP) is 3.33. The van der Waals surface area contributed by atoms with Gasteiger partial charge >= 0.3 is 6.03 Å². The van der Waals surface area contributed by atoms with E-state index in [0.717, 1.165) is 16.9 Å². The van der Waals surface area contributed by atoms with Crippen LogP contribution in [0, 0.1) is 12.8 Å². The molecule has 0 aliphatic carbocycles. The average molecular weight is 366 g/mol. The van der Waals surface area contributed by atoms with Crippen LogP contribution in [0.2, 0.25) is 5.02 Å². The summed E-state index contributed by atoms with van der Waals surface area (Å²) in [6.45, 7) is 7.35. The van der Waals surface area contributed by atoms with Crippen molar-refractivity contribution in [3.63, 3.8) is 0 Å². The molecule has 0 bridgehead atoms. The van der Waals surface area contributed by atoms with Crippen LogP contribution >= 0.6 is 11.6 Å². The van der Waals surface area contributed by atoms with Gasteiger partial charge < -0.3 is 10.6 Å². The predicted molar refractivity (Wildman–Crippen MR) is 97.5 cm³/mol. The molecule has 25 heavy (non-hydrogen) atoms. The number of benzene rings is 1. The monoisotopic (exact) mass is 365 g/mol. The number of urea groups is 1. The van der Waals surface area contributed by atoms with Crippen LogP contribution in [0.3, 0.4) is 0 Å². The minimum atomic E-state index is -0.950. The number of imide groups is 1. The Labute approximate surface area is 152 Å². The van der Waals surface area contributed by atoms with Gasteiger partial charge in [0.2, 0.25) is 5.91 Å². The van der Waals surface area contributed by atoms with E-state index in [1.807, 2.05) is 6.92 Å². The number of amides is 4. The Bertz CT molecular complexity index is 705. The van der Waals surface area contributed by atoms with Crippen molar-refractivity contribution in [1.29, 1.82) is 0 Å². The summed E-state index contributed by atoms with van der Waals surface area (Å²) < 4.78 is 0. The van der Waals surface area contributed by atoms with E-state index < -0.39 is 17.5 Å². The van der Waals surface area contributed by atoms with Gasteiger partial charge in [0.15, 0.2) is 0 Å². The molecule has 2 rings (SSSR count). The zero-order chi connectivity index (χ0) is 18.8. The van der Waals surface area contributed by atoms with Crippen LogP contribution in [-0.4, -0.2) is 34.8 Å². The second kappa shape index (κ2) is 7.44. The number of rotatable bonds is 6. The molecular weight excluding hydrogens is 342 g/mol. The molecule has 0 aromatic heterocycles. The number of aryl methyl sites for hydroxylation is 1. The molecule has 0 radical (unpaired) electrons. The molecule has 7 heteroatoms. The maximum absolute atomic E-state index is 12.6. The molecule has 136 valence electrons. The first-order valence-electron chi connectivity index (χ1n) is 8.32. The van der Waals surface area contributed by atoms with Crippen LogP contribution < -0.4 is 10.6 Å². The molecule has 1 aromatic rings. The molecule has 1 unspecified atom stereocenters. The molecule has 1 aliphatic heterocycles. The highest BCUT2D eigenvalue weighted by Crippen LogP contribution is 2.25. The third-order valence-corrected chi connectivity index (χ3v) is 4.73. The fourth-order valence-corrected chi connectivity index (χ4v) is 2.83. The third kappa shape index (κ3) is 4.51. The van der Waals surface area contributed by atoms with Gasteiger partial charge in [0.05, 0.1) is 0 Å². The van der Waals surface area contributed by atoms with E-state index in [1.54, 1.807) is 25.1 Å². The van der Waals surface area contributed by atoms with E-state index in [9.17, 15) is 14.4 Å². The lowest BCUT2D eigenvalue weighted by atomic mass is 9.92. The van der Waals surface area contributed by atoms with Gasteiger partial charge in [-0.2, -0.15) is 0 Å². The van der Waals surface area contributed by atoms with Crippen molar-refractivity contribution in [3.05, 3.63) is 28.8 Å². The quantitative estimate of drug-likeness (QED) is 0.759. The number of hydrogen-bond donors (Lipinski definition) is 2. The van der Waals surface area contributed by atoms with Crippen LogP contribution in [0.5, 0.6) is 0 Å². The topological polar surface area (TPSA) is 78.5 Å². The second-order valence-electron chi connectivity index (χ2n) is 7.10. The Morgan fingerprint density at radius 3 is 2.64 bits per heavy atom. The first-order chi connectivity index (χ1) is 11.6. The van der Waals surface area contributed by atoms with Crippen molar-refractivity contribution >= 4 is 35.1 Å². The van der Waals surface area contributed by atoms with E-state index >= 15 is 0 Å². The van der Waals surface area contributed by atoms with Gasteiger partial charge in [0, 0.05) is 10.7 Å². The Balaban J connectivity index is 2.01. The highest BCUT2D eigenvalue weighted by molar-refractivity contribution is 6.31. The molecule has 4 amide bonds. The molecule has 1 aromatic carbocycles. The number of nitrogens with zero attached hydrogens (tertiary/aromatic N) is 1. The van der Waals surface area contributed by atoms with Gasteiger partial charge in [-0.25, -0.2) is 4.79 Å². The van der Waals surface area contributed by atoms with Gasteiger partial charge in [-0.05, 0) is 50.3 Å². The standard InChI is InChI=1S/C18H24ClN3O3/c1-11(2)7-8-18(4)16(24)22(17(25)21-18)10-15(23)20-13-6-5-12(3)14(19)9-13/h5-6,9,11H,7-8,10H2,1-4H3,(H,20,23)(H,21,25). The fourth-order valence-electron chi connectivity index (χ4n) is 2.65. The summed E-state index contributed by atoms with van der Waals surface area (Å²) in [5, 5.41) is 5.90. The number of carbonyl (C=O) groups is 3. The first-order valence-corrected chi connectivity index (χ1v) is 8.70. The van der Waals surface area contributed by atoms with Crippen molar-refractivity contribution in [2.24, 2.45) is 5.92 Å². The summed E-state index contributed by atoms with van der Waals surface area (Å²) in [5.41, 5.74) is 0.472. The average Bonchev–Trinajstić information content (AvgIpc) is 2.73. The molecule has 1 fully saturated rings. The Morgan fingerprint density at radius 2 is 2.04 bits per heavy atom. The number of halogens is 1. The van der Waals surface area contributed by atoms with Gasteiger partial charge in [-0.3, -0.25) is 14.5 Å². The molecular formula is C18H24ClN3O3. The van der Waals surface area contributed by atoms with E-state index in [4.69, 9.17) is 11.6 Å². The first kappa shape index (κ1) is 19.2. The Morgan fingerprint density at radius 1 is 1.36 bits per heavy atom. The summed E-state index contributed by atoms with van der Waals surface area (Å²) in [6.07, 6.45) is 1.35. The molecule has 6 nitrogen and oxygen atoms in total. The number of anilines is 1. The highest BCUT2D eigenvalue weighted by Gasteiger charge is 2.47. The van der Waals surface area contributed by atoms with Crippen molar-refractivity contribution in [2.75, 3.05) is 11.9 Å². The van der Waals surface area contributed by atoms with E-state index in [0.29, 0.717) is 23.0 Å². The minimum absolute atomic E-state index is 0.326. The molecule has 1 saturated heterocycles. The second-order valence-corrected chi connectivity index (χ2v) is 7.51. The highest BCUT2D eigenvalue weighted by atomic mass is 35.5. The van der Waals surface area contributed by atoms with Crippen molar-refractivity contribution in [2.45, 2.75) is 46.1 Å².